The average Bonchev–Trinajstić information content (AvgIpc) is 2.85. The molecule has 0 aliphatic carbocycles. The second kappa shape index (κ2) is 14.3. The molecule has 11 nitrogen and oxygen atoms in total. The number of carbonyl (C=O) groups is 1. The van der Waals surface area contributed by atoms with E-state index in [-0.39, 0.29) is 19.0 Å². The van der Waals surface area contributed by atoms with Crippen LogP contribution >= 0.6 is 0 Å². The van der Waals surface area contributed by atoms with E-state index >= 15 is 0 Å². The molecule has 0 fully saturated rings. The van der Waals surface area contributed by atoms with Gasteiger partial charge in [0, 0.05) is 0 Å². The molecule has 2 rings (SSSR count). The smallest absolute Gasteiger partial charge is 0.390 e. The van der Waals surface area contributed by atoms with Gasteiger partial charge in [0.15, 0.2) is 18.0 Å². The van der Waals surface area contributed by atoms with Crippen molar-refractivity contribution in [3.63, 3.8) is 0 Å². The van der Waals surface area contributed by atoms with E-state index < -0.39 is 11.6 Å². The van der Waals surface area contributed by atoms with Crippen molar-refractivity contribution in [3.8, 4) is 12.1 Å². The third kappa shape index (κ3) is 9.56. The Morgan fingerprint density at radius 2 is 1.30 bits per heavy atom. The number of amidine groups is 1. The van der Waals surface area contributed by atoms with Gasteiger partial charge in [0.1, 0.15) is 18.7 Å². The molecule has 0 aliphatic rings. The van der Waals surface area contributed by atoms with Crippen LogP contribution in [0.25, 0.3) is 14.5 Å². The highest BCUT2D eigenvalue weighted by molar-refractivity contribution is 6.44. The normalized spacial score (nSPS) is 9.91. The summed E-state index contributed by atoms with van der Waals surface area (Å²) < 4.78 is 0. The number of hydrogen-bond donors (Lipinski definition) is 1. The summed E-state index contributed by atoms with van der Waals surface area (Å²) in [6.07, 6.45) is 0. The van der Waals surface area contributed by atoms with Gasteiger partial charge in [0.2, 0.25) is 5.71 Å². The lowest BCUT2D eigenvalue weighted by Crippen LogP contribution is -2.21. The van der Waals surface area contributed by atoms with Crippen LogP contribution in [0.2, 0.25) is 0 Å². The maximum Gasteiger partial charge on any atom is 0.392 e. The van der Waals surface area contributed by atoms with E-state index in [1.54, 1.807) is 54.6 Å². The van der Waals surface area contributed by atoms with Crippen LogP contribution in [-0.2, 0) is 27.7 Å². The Balaban J connectivity index is 0.000000331. The number of nitriles is 2. The molecule has 11 heteroatoms. The van der Waals surface area contributed by atoms with Gasteiger partial charge >= 0.3 is 5.84 Å². The highest BCUT2D eigenvalue weighted by Gasteiger charge is 2.05. The molecule has 0 heterocycles. The molecule has 0 saturated heterocycles. The predicted molar refractivity (Wildman–Crippen MR) is 117 cm³/mol. The van der Waals surface area contributed by atoms with Crippen LogP contribution in [-0.4, -0.2) is 17.5 Å². The molecule has 0 saturated carbocycles. The largest absolute Gasteiger partial charge is 0.392 e. The first-order valence-electron chi connectivity index (χ1n) is 8.77. The van der Waals surface area contributed by atoms with Crippen molar-refractivity contribution in [1.82, 2.24) is 0 Å². The molecule has 0 atom stereocenters. The van der Waals surface area contributed by atoms with E-state index in [0.717, 1.165) is 11.1 Å². The Morgan fingerprint density at radius 1 is 0.848 bits per heavy atom. The highest BCUT2D eigenvalue weighted by atomic mass is 16.6. The molecular formula is C22H14N8O3. The SMILES string of the molecule is [C-]#[N+]/C(C#N)=N\OCc1ccc([N+]#[C-])cc1.[C-]#[N+]c1ccc(CON=C(C#N)C(N)=O)cc1. The summed E-state index contributed by atoms with van der Waals surface area (Å²) >= 11 is 0. The zero-order chi connectivity index (χ0) is 24.5. The zero-order valence-electron chi connectivity index (χ0n) is 17.0. The Morgan fingerprint density at radius 3 is 1.64 bits per heavy atom. The number of rotatable bonds is 7. The van der Waals surface area contributed by atoms with Crippen molar-refractivity contribution in [1.29, 1.82) is 10.5 Å². The van der Waals surface area contributed by atoms with E-state index in [2.05, 4.69) is 24.8 Å². The Kier molecular flexibility index (Phi) is 11.0. The minimum Gasteiger partial charge on any atom is -0.390 e. The van der Waals surface area contributed by atoms with Crippen LogP contribution in [0, 0.1) is 42.4 Å². The Bertz CT molecular complexity index is 1210. The second-order valence-electron chi connectivity index (χ2n) is 5.66. The van der Waals surface area contributed by atoms with Gasteiger partial charge in [-0.2, -0.15) is 5.26 Å². The molecule has 2 aromatic rings. The van der Waals surface area contributed by atoms with Crippen LogP contribution in [0.15, 0.2) is 58.8 Å². The molecule has 0 spiro atoms. The number of nitrogens with zero attached hydrogens (tertiary/aromatic N) is 7. The van der Waals surface area contributed by atoms with Gasteiger partial charge in [-0.05, 0) is 11.1 Å². The number of amides is 1. The molecular weight excluding hydrogens is 424 g/mol. The van der Waals surface area contributed by atoms with E-state index in [4.69, 9.17) is 45.6 Å². The van der Waals surface area contributed by atoms with E-state index in [0.29, 0.717) is 11.4 Å². The van der Waals surface area contributed by atoms with Crippen LogP contribution in [0.3, 0.4) is 0 Å². The molecule has 0 bridgehead atoms. The van der Waals surface area contributed by atoms with Gasteiger partial charge in [-0.25, -0.2) is 15.0 Å². The molecule has 2 N–H and O–H groups in total. The predicted octanol–water partition coefficient (Wildman–Crippen LogP) is 3.63. The summed E-state index contributed by atoms with van der Waals surface area (Å²) in [6, 6.07) is 16.5. The fraction of sp³-hybridized carbons (Fsp3) is 0.0909. The summed E-state index contributed by atoms with van der Waals surface area (Å²) in [4.78, 5) is 29.5. The quantitative estimate of drug-likeness (QED) is 0.303. The standard InChI is InChI=1S/C11H8N4O2.C11H6N4O/c1-14-9-4-2-8(3-5-9)7-17-15-10(6-12)11(13)16;1-13-10-5-3-9(4-6-10)8-16-15-11(7-12)14-2/h2-5H,7H2,(H2,13,16);3-6H,8H2/b;15-11-. The van der Waals surface area contributed by atoms with E-state index in [9.17, 15) is 4.79 Å². The number of nitrogens with two attached hydrogens (primary N) is 1. The van der Waals surface area contributed by atoms with Crippen molar-refractivity contribution in [2.45, 2.75) is 13.2 Å². The lowest BCUT2D eigenvalue weighted by atomic mass is 10.2. The van der Waals surface area contributed by atoms with Crippen molar-refractivity contribution in [2.75, 3.05) is 0 Å². The van der Waals surface area contributed by atoms with E-state index in [1.165, 1.54) is 6.07 Å². The lowest BCUT2D eigenvalue weighted by molar-refractivity contribution is -0.112. The summed E-state index contributed by atoms with van der Waals surface area (Å²) in [5.74, 6) is -1.27. The van der Waals surface area contributed by atoms with Crippen LogP contribution in [0.5, 0.6) is 0 Å². The fourth-order valence-corrected chi connectivity index (χ4v) is 1.86. The molecule has 160 valence electrons. The van der Waals surface area contributed by atoms with Gasteiger partial charge in [-0.3, -0.25) is 4.79 Å². The molecule has 33 heavy (non-hydrogen) atoms. The number of hydrogen-bond acceptors (Lipinski definition) is 7. The minimum atomic E-state index is -0.934. The Labute approximate surface area is 189 Å². The maximum atomic E-state index is 10.6. The van der Waals surface area contributed by atoms with Crippen LogP contribution in [0.4, 0.5) is 11.4 Å². The minimum absolute atomic E-state index is 0.0940. The van der Waals surface area contributed by atoms with Crippen molar-refractivity contribution in [2.24, 2.45) is 16.0 Å². The number of oxime groups is 2. The fourth-order valence-electron chi connectivity index (χ4n) is 1.86. The second-order valence-corrected chi connectivity index (χ2v) is 5.66. The molecule has 0 aromatic heterocycles. The van der Waals surface area contributed by atoms with Gasteiger partial charge in [-0.1, -0.05) is 60.3 Å². The summed E-state index contributed by atoms with van der Waals surface area (Å²) in [5, 5.41) is 23.5. The van der Waals surface area contributed by atoms with Gasteiger partial charge in [-0.15, -0.1) is 0 Å². The first kappa shape index (κ1) is 25.3. The number of benzene rings is 2. The summed E-state index contributed by atoms with van der Waals surface area (Å²) in [7, 11) is 0. The van der Waals surface area contributed by atoms with Crippen LogP contribution < -0.4 is 5.73 Å². The third-order valence-corrected chi connectivity index (χ3v) is 3.45. The summed E-state index contributed by atoms with van der Waals surface area (Å²) in [5.41, 5.74) is 7.03. The van der Waals surface area contributed by atoms with Gasteiger partial charge in [0.25, 0.3) is 5.91 Å². The first-order valence-corrected chi connectivity index (χ1v) is 8.77. The molecule has 2 aromatic carbocycles. The maximum absolute atomic E-state index is 10.6. The molecule has 0 radical (unpaired) electrons. The monoisotopic (exact) mass is 438 g/mol. The molecule has 1 amide bonds. The number of primary amides is 1. The van der Waals surface area contributed by atoms with Gasteiger partial charge < -0.3 is 20.3 Å². The average molecular weight is 438 g/mol. The molecule has 0 aliphatic heterocycles. The van der Waals surface area contributed by atoms with Crippen molar-refractivity contribution in [3.05, 3.63) is 93.9 Å². The zero-order valence-corrected chi connectivity index (χ0v) is 17.0. The first-order chi connectivity index (χ1) is 16.0. The Hall–Kier alpha value is -5.70. The van der Waals surface area contributed by atoms with Gasteiger partial charge in [0.05, 0.1) is 18.3 Å². The number of carbonyl (C=O) groups excluding carboxylic acids is 1. The third-order valence-electron chi connectivity index (χ3n) is 3.45. The van der Waals surface area contributed by atoms with Crippen molar-refractivity contribution < 1.29 is 14.5 Å². The van der Waals surface area contributed by atoms with E-state index in [1.807, 2.05) is 0 Å². The van der Waals surface area contributed by atoms with Crippen molar-refractivity contribution >= 4 is 28.8 Å². The highest BCUT2D eigenvalue weighted by Crippen LogP contribution is 2.14. The topological polar surface area (TPSA) is 147 Å². The lowest BCUT2D eigenvalue weighted by Gasteiger charge is -1.99. The summed E-state index contributed by atoms with van der Waals surface area (Å²) in [6.45, 7) is 20.3. The molecule has 0 unspecified atom stereocenters. The van der Waals surface area contributed by atoms with Crippen LogP contribution in [0.1, 0.15) is 11.1 Å².